The Hall–Kier alpha value is -1.46. The fourth-order valence-electron chi connectivity index (χ4n) is 2.47. The van der Waals surface area contributed by atoms with Crippen LogP contribution in [0.2, 0.25) is 0 Å². The lowest BCUT2D eigenvalue weighted by molar-refractivity contribution is -0.122. The molecule has 0 atom stereocenters. The fourth-order valence-corrected chi connectivity index (χ4v) is 3.48. The zero-order chi connectivity index (χ0) is 14.8. The molecule has 2 aromatic rings. The first-order valence-electron chi connectivity index (χ1n) is 7.42. The molecule has 5 heteroatoms. The molecule has 1 aromatic carbocycles. The predicted molar refractivity (Wildman–Crippen MR) is 85.9 cm³/mol. The Morgan fingerprint density at radius 3 is 2.86 bits per heavy atom. The number of amides is 1. The minimum absolute atomic E-state index is 0.0714. The molecule has 0 unspecified atom stereocenters. The fraction of sp³-hybridized carbons (Fsp3) is 0.500. The van der Waals surface area contributed by atoms with Crippen molar-refractivity contribution < 1.29 is 9.53 Å². The van der Waals surface area contributed by atoms with E-state index in [9.17, 15) is 4.79 Å². The van der Waals surface area contributed by atoms with E-state index in [0.29, 0.717) is 19.1 Å². The van der Waals surface area contributed by atoms with Crippen LogP contribution in [0.25, 0.3) is 10.2 Å². The molecule has 112 valence electrons. The Bertz CT molecular complexity index is 645. The summed E-state index contributed by atoms with van der Waals surface area (Å²) in [6, 6.07) is 5.94. The van der Waals surface area contributed by atoms with Gasteiger partial charge in [0.1, 0.15) is 0 Å². The molecule has 0 bridgehead atoms. The molecule has 1 aromatic heterocycles. The number of carbonyl (C=O) groups is 1. The molecule has 0 spiro atoms. The summed E-state index contributed by atoms with van der Waals surface area (Å²) in [7, 11) is 0. The van der Waals surface area contributed by atoms with Gasteiger partial charge >= 0.3 is 0 Å². The third-order valence-electron chi connectivity index (χ3n) is 3.76. The number of nitrogens with zero attached hydrogens (tertiary/aromatic N) is 1. The monoisotopic (exact) mass is 304 g/mol. The molecule has 1 amide bonds. The first kappa shape index (κ1) is 14.5. The van der Waals surface area contributed by atoms with Crippen molar-refractivity contribution in [2.75, 3.05) is 18.5 Å². The van der Waals surface area contributed by atoms with Gasteiger partial charge in [-0.05, 0) is 31.0 Å². The van der Waals surface area contributed by atoms with Gasteiger partial charge in [-0.25, -0.2) is 4.98 Å². The van der Waals surface area contributed by atoms with E-state index in [1.54, 1.807) is 11.3 Å². The Morgan fingerprint density at radius 1 is 1.38 bits per heavy atom. The topological polar surface area (TPSA) is 51.2 Å². The highest BCUT2D eigenvalue weighted by atomic mass is 32.1. The van der Waals surface area contributed by atoms with E-state index in [1.807, 2.05) is 18.2 Å². The van der Waals surface area contributed by atoms with Gasteiger partial charge in [0.2, 0.25) is 5.91 Å². The van der Waals surface area contributed by atoms with Gasteiger partial charge in [-0.1, -0.05) is 13.8 Å². The second-order valence-electron chi connectivity index (χ2n) is 5.77. The van der Waals surface area contributed by atoms with Crippen LogP contribution in [0.1, 0.15) is 37.6 Å². The van der Waals surface area contributed by atoms with Crippen molar-refractivity contribution in [1.82, 2.24) is 4.98 Å². The lowest BCUT2D eigenvalue weighted by Crippen LogP contribution is -2.28. The summed E-state index contributed by atoms with van der Waals surface area (Å²) < 4.78 is 6.42. The van der Waals surface area contributed by atoms with Gasteiger partial charge in [-0.3, -0.25) is 4.79 Å². The number of aromatic nitrogens is 1. The summed E-state index contributed by atoms with van der Waals surface area (Å²) in [6.07, 6.45) is 1.62. The maximum atomic E-state index is 12.2. The van der Waals surface area contributed by atoms with Crippen LogP contribution < -0.4 is 5.32 Å². The minimum atomic E-state index is 0.0714. The van der Waals surface area contributed by atoms with Crippen molar-refractivity contribution >= 4 is 33.1 Å². The molecule has 3 rings (SSSR count). The van der Waals surface area contributed by atoms with Crippen LogP contribution in [-0.2, 0) is 9.53 Å². The van der Waals surface area contributed by atoms with Crippen molar-refractivity contribution in [2.45, 2.75) is 32.6 Å². The van der Waals surface area contributed by atoms with Gasteiger partial charge in [-0.15, -0.1) is 11.3 Å². The second-order valence-corrected chi connectivity index (χ2v) is 6.83. The number of fused-ring (bicyclic) bond motifs is 1. The van der Waals surface area contributed by atoms with Gasteiger partial charge in [0.25, 0.3) is 0 Å². The molecular weight excluding hydrogens is 284 g/mol. The first-order chi connectivity index (χ1) is 10.1. The van der Waals surface area contributed by atoms with Gasteiger partial charge in [0.05, 0.1) is 15.2 Å². The average molecular weight is 304 g/mol. The van der Waals surface area contributed by atoms with Crippen LogP contribution in [0.5, 0.6) is 0 Å². The molecule has 4 nitrogen and oxygen atoms in total. The number of nitrogens with one attached hydrogen (secondary N) is 1. The van der Waals surface area contributed by atoms with Gasteiger partial charge < -0.3 is 10.1 Å². The number of carbonyl (C=O) groups excluding carboxylic acids is 1. The van der Waals surface area contributed by atoms with Crippen molar-refractivity contribution in [3.05, 3.63) is 23.2 Å². The van der Waals surface area contributed by atoms with Crippen molar-refractivity contribution in [3.63, 3.8) is 0 Å². The SMILES string of the molecule is CC(C)c1nc2ccc(NC(=O)C3CCOCC3)cc2s1. The van der Waals surface area contributed by atoms with Crippen LogP contribution in [-0.4, -0.2) is 24.1 Å². The summed E-state index contributed by atoms with van der Waals surface area (Å²) in [4.78, 5) is 16.8. The standard InChI is InChI=1S/C16H20N2O2S/c1-10(2)16-18-13-4-3-12(9-14(13)21-16)17-15(19)11-5-7-20-8-6-11/h3-4,9-11H,5-8H2,1-2H3,(H,17,19). The summed E-state index contributed by atoms with van der Waals surface area (Å²) in [6.45, 7) is 5.66. The molecule has 2 heterocycles. The third kappa shape index (κ3) is 3.24. The molecular formula is C16H20N2O2S. The first-order valence-corrected chi connectivity index (χ1v) is 8.24. The van der Waals surface area contributed by atoms with Crippen LogP contribution in [0.15, 0.2) is 18.2 Å². The summed E-state index contributed by atoms with van der Waals surface area (Å²) >= 11 is 1.70. The Labute approximate surface area is 128 Å². The van der Waals surface area contributed by atoms with Gasteiger partial charge in [0, 0.05) is 30.7 Å². The molecule has 1 N–H and O–H groups in total. The van der Waals surface area contributed by atoms with E-state index < -0.39 is 0 Å². The Morgan fingerprint density at radius 2 is 2.14 bits per heavy atom. The van der Waals surface area contributed by atoms with E-state index in [1.165, 1.54) is 0 Å². The summed E-state index contributed by atoms with van der Waals surface area (Å²) in [5.41, 5.74) is 1.87. The maximum absolute atomic E-state index is 12.2. The highest BCUT2D eigenvalue weighted by molar-refractivity contribution is 7.18. The second kappa shape index (κ2) is 6.12. The predicted octanol–water partition coefficient (Wildman–Crippen LogP) is 3.78. The van der Waals surface area contributed by atoms with Crippen LogP contribution in [0.3, 0.4) is 0 Å². The Kier molecular flexibility index (Phi) is 4.22. The number of hydrogen-bond acceptors (Lipinski definition) is 4. The smallest absolute Gasteiger partial charge is 0.227 e. The van der Waals surface area contributed by atoms with Gasteiger partial charge in [-0.2, -0.15) is 0 Å². The Balaban J connectivity index is 1.75. The lowest BCUT2D eigenvalue weighted by atomic mass is 9.99. The number of anilines is 1. The lowest BCUT2D eigenvalue weighted by Gasteiger charge is -2.21. The summed E-state index contributed by atoms with van der Waals surface area (Å²) in [5, 5.41) is 4.16. The normalized spacial score (nSPS) is 16.5. The quantitative estimate of drug-likeness (QED) is 0.938. The highest BCUT2D eigenvalue weighted by Gasteiger charge is 2.21. The molecule has 0 aliphatic carbocycles. The van der Waals surface area contributed by atoms with Crippen LogP contribution >= 0.6 is 11.3 Å². The maximum Gasteiger partial charge on any atom is 0.227 e. The number of rotatable bonds is 3. The van der Waals surface area contributed by atoms with E-state index in [4.69, 9.17) is 4.74 Å². The minimum Gasteiger partial charge on any atom is -0.381 e. The highest BCUT2D eigenvalue weighted by Crippen LogP contribution is 2.29. The molecule has 0 saturated carbocycles. The van der Waals surface area contributed by atoms with E-state index in [-0.39, 0.29) is 11.8 Å². The number of hydrogen-bond donors (Lipinski definition) is 1. The zero-order valence-corrected chi connectivity index (χ0v) is 13.2. The van der Waals surface area contributed by atoms with E-state index in [2.05, 4.69) is 24.1 Å². The van der Waals surface area contributed by atoms with Gasteiger partial charge in [0.15, 0.2) is 0 Å². The largest absolute Gasteiger partial charge is 0.381 e. The van der Waals surface area contributed by atoms with Crippen molar-refractivity contribution in [1.29, 1.82) is 0 Å². The average Bonchev–Trinajstić information content (AvgIpc) is 2.91. The van der Waals surface area contributed by atoms with Crippen LogP contribution in [0.4, 0.5) is 5.69 Å². The van der Waals surface area contributed by atoms with Crippen molar-refractivity contribution in [3.8, 4) is 0 Å². The molecule has 0 radical (unpaired) electrons. The molecule has 1 fully saturated rings. The number of ether oxygens (including phenoxy) is 1. The zero-order valence-electron chi connectivity index (χ0n) is 12.4. The summed E-state index contributed by atoms with van der Waals surface area (Å²) in [5.74, 6) is 0.607. The van der Waals surface area contributed by atoms with Crippen LogP contribution in [0, 0.1) is 5.92 Å². The van der Waals surface area contributed by atoms with E-state index >= 15 is 0 Å². The molecule has 1 aliphatic heterocycles. The number of benzene rings is 1. The van der Waals surface area contributed by atoms with Crippen molar-refractivity contribution in [2.24, 2.45) is 5.92 Å². The molecule has 1 saturated heterocycles. The molecule has 1 aliphatic rings. The van der Waals surface area contributed by atoms with E-state index in [0.717, 1.165) is 33.8 Å². The number of thiazole rings is 1. The molecule has 21 heavy (non-hydrogen) atoms. The third-order valence-corrected chi connectivity index (χ3v) is 5.08.